The Balaban J connectivity index is 0.00000441. The molecule has 0 aromatic carbocycles. The summed E-state index contributed by atoms with van der Waals surface area (Å²) in [6, 6.07) is -0.934. The first-order valence-corrected chi connectivity index (χ1v) is 8.12. The van der Waals surface area contributed by atoms with Crippen LogP contribution in [0.5, 0.6) is 0 Å². The lowest BCUT2D eigenvalue weighted by Crippen LogP contribution is -2.45. The molecule has 1 aromatic rings. The third-order valence-corrected chi connectivity index (χ3v) is 4.64. The molecule has 2 atom stereocenters. The molecule has 1 amide bonds. The van der Waals surface area contributed by atoms with Crippen molar-refractivity contribution < 1.29 is 17.7 Å². The zero-order valence-electron chi connectivity index (χ0n) is 13.0. The van der Waals surface area contributed by atoms with Crippen LogP contribution in [-0.2, 0) is 14.8 Å². The van der Waals surface area contributed by atoms with E-state index in [0.29, 0.717) is 13.0 Å². The highest BCUT2D eigenvalue weighted by Gasteiger charge is 2.27. The Morgan fingerprint density at radius 2 is 1.95 bits per heavy atom. The topological polar surface area (TPSA) is 127 Å². The van der Waals surface area contributed by atoms with Gasteiger partial charge in [0.05, 0.1) is 6.04 Å². The first-order valence-electron chi connectivity index (χ1n) is 6.63. The molecule has 10 heteroatoms. The summed E-state index contributed by atoms with van der Waals surface area (Å²) in [6.07, 6.45) is 0.620. The highest BCUT2D eigenvalue weighted by atomic mass is 35.5. The molecule has 0 fully saturated rings. The second kappa shape index (κ2) is 8.47. The number of nitrogens with one attached hydrogen (secondary N) is 2. The Morgan fingerprint density at radius 1 is 1.36 bits per heavy atom. The number of nitrogens with two attached hydrogens (primary N) is 1. The lowest BCUT2D eigenvalue weighted by Gasteiger charge is -2.14. The van der Waals surface area contributed by atoms with Crippen molar-refractivity contribution in [3.63, 3.8) is 0 Å². The molecule has 2 unspecified atom stereocenters. The molecule has 1 heterocycles. The Morgan fingerprint density at radius 3 is 2.41 bits per heavy atom. The molecule has 0 aliphatic carbocycles. The van der Waals surface area contributed by atoms with Gasteiger partial charge in [0.15, 0.2) is 5.76 Å². The number of aryl methyl sites for hydroxylation is 2. The van der Waals surface area contributed by atoms with Gasteiger partial charge in [-0.05, 0) is 34.1 Å². The molecule has 0 saturated heterocycles. The van der Waals surface area contributed by atoms with Gasteiger partial charge in [-0.3, -0.25) is 4.79 Å². The average molecular weight is 355 g/mol. The number of hydrogen-bond donors (Lipinski definition) is 3. The summed E-state index contributed by atoms with van der Waals surface area (Å²) in [4.78, 5) is 11.8. The predicted octanol–water partition coefficient (Wildman–Crippen LogP) is 0.234. The summed E-state index contributed by atoms with van der Waals surface area (Å²) < 4.78 is 31.6. The van der Waals surface area contributed by atoms with Crippen molar-refractivity contribution in [1.29, 1.82) is 0 Å². The van der Waals surface area contributed by atoms with Crippen molar-refractivity contribution >= 4 is 28.3 Å². The van der Waals surface area contributed by atoms with Crippen LogP contribution in [0.4, 0.5) is 0 Å². The minimum Gasteiger partial charge on any atom is -0.360 e. The van der Waals surface area contributed by atoms with Crippen molar-refractivity contribution in [3.05, 3.63) is 11.5 Å². The first-order chi connectivity index (χ1) is 9.65. The monoisotopic (exact) mass is 354 g/mol. The van der Waals surface area contributed by atoms with Crippen LogP contribution in [0.1, 0.15) is 31.7 Å². The molecule has 22 heavy (non-hydrogen) atoms. The molecular formula is C12H23ClN4O4S. The fraction of sp³-hybridized carbons (Fsp3) is 0.667. The van der Waals surface area contributed by atoms with E-state index >= 15 is 0 Å². The first kappa shape index (κ1) is 20.8. The minimum absolute atomic E-state index is 0. The number of nitrogens with zero attached hydrogens (tertiary/aromatic N) is 1. The minimum atomic E-state index is -3.86. The van der Waals surface area contributed by atoms with Crippen LogP contribution in [0.15, 0.2) is 9.42 Å². The predicted molar refractivity (Wildman–Crippen MR) is 84.3 cm³/mol. The second-order valence-electron chi connectivity index (χ2n) is 5.05. The van der Waals surface area contributed by atoms with E-state index in [1.807, 2.05) is 6.92 Å². The molecule has 0 spiro atoms. The van der Waals surface area contributed by atoms with Crippen molar-refractivity contribution in [2.45, 2.75) is 51.1 Å². The van der Waals surface area contributed by atoms with Crippen LogP contribution >= 0.6 is 12.4 Å². The van der Waals surface area contributed by atoms with E-state index in [4.69, 9.17) is 10.3 Å². The number of sulfonamides is 1. The van der Waals surface area contributed by atoms with Crippen LogP contribution in [0.3, 0.4) is 0 Å². The Labute approximate surface area is 136 Å². The second-order valence-corrected chi connectivity index (χ2v) is 6.70. The van der Waals surface area contributed by atoms with Gasteiger partial charge in [-0.15, -0.1) is 12.4 Å². The Kier molecular flexibility index (Phi) is 8.02. The van der Waals surface area contributed by atoms with Crippen LogP contribution in [0.2, 0.25) is 0 Å². The number of aromatic nitrogens is 1. The third-order valence-electron chi connectivity index (χ3n) is 2.86. The van der Waals surface area contributed by atoms with Crippen LogP contribution in [0, 0.1) is 13.8 Å². The lowest BCUT2D eigenvalue weighted by molar-refractivity contribution is -0.122. The number of rotatable bonds is 7. The molecule has 4 N–H and O–H groups in total. The molecule has 0 radical (unpaired) electrons. The van der Waals surface area contributed by atoms with E-state index in [0.717, 1.165) is 0 Å². The van der Waals surface area contributed by atoms with Crippen LogP contribution < -0.4 is 15.8 Å². The maximum Gasteiger partial charge on any atom is 0.246 e. The third kappa shape index (κ3) is 5.56. The molecule has 128 valence electrons. The zero-order chi connectivity index (χ0) is 16.2. The lowest BCUT2D eigenvalue weighted by atomic mass is 10.2. The number of hydrogen-bond acceptors (Lipinski definition) is 6. The normalized spacial score (nSPS) is 14.0. The SMILES string of the molecule is Cc1noc(C)c1S(=O)(=O)NC(C)C(=O)NCCC(C)N.Cl. The Bertz CT molecular complexity index is 581. The van der Waals surface area contributed by atoms with Gasteiger partial charge in [-0.1, -0.05) is 5.16 Å². The molecule has 1 rings (SSSR count). The summed E-state index contributed by atoms with van der Waals surface area (Å²) in [7, 11) is -3.86. The van der Waals surface area contributed by atoms with Crippen LogP contribution in [-0.4, -0.2) is 38.1 Å². The quantitative estimate of drug-likeness (QED) is 0.643. The highest BCUT2D eigenvalue weighted by molar-refractivity contribution is 7.89. The number of halogens is 1. The van der Waals surface area contributed by atoms with Crippen molar-refractivity contribution in [1.82, 2.24) is 15.2 Å². The van der Waals surface area contributed by atoms with Gasteiger partial charge in [0.1, 0.15) is 10.6 Å². The largest absolute Gasteiger partial charge is 0.360 e. The summed E-state index contributed by atoms with van der Waals surface area (Å²) >= 11 is 0. The fourth-order valence-corrected chi connectivity index (χ4v) is 3.31. The van der Waals surface area contributed by atoms with E-state index in [2.05, 4.69) is 15.2 Å². The molecule has 0 aliphatic heterocycles. The summed E-state index contributed by atoms with van der Waals surface area (Å²) in [5.74, 6) is -0.226. The van der Waals surface area contributed by atoms with Crippen molar-refractivity contribution in [3.8, 4) is 0 Å². The van der Waals surface area contributed by atoms with Gasteiger partial charge >= 0.3 is 0 Å². The molecule has 8 nitrogen and oxygen atoms in total. The summed E-state index contributed by atoms with van der Waals surface area (Å²) in [6.45, 7) is 6.72. The van der Waals surface area contributed by atoms with Gasteiger partial charge in [-0.25, -0.2) is 8.42 Å². The zero-order valence-corrected chi connectivity index (χ0v) is 14.7. The van der Waals surface area contributed by atoms with E-state index < -0.39 is 22.0 Å². The standard InChI is InChI=1S/C12H22N4O4S.ClH/c1-7(13)5-6-14-12(17)9(3)16-21(18,19)11-8(2)15-20-10(11)4;/h7,9,16H,5-6,13H2,1-4H3,(H,14,17);1H. The summed E-state index contributed by atoms with van der Waals surface area (Å²) in [5.41, 5.74) is 5.83. The number of amides is 1. The molecule has 0 saturated carbocycles. The molecule has 0 bridgehead atoms. The molecule has 0 aliphatic rings. The smallest absolute Gasteiger partial charge is 0.246 e. The Hall–Kier alpha value is -1.16. The average Bonchev–Trinajstić information content (AvgIpc) is 2.68. The number of carbonyl (C=O) groups is 1. The number of carbonyl (C=O) groups excluding carboxylic acids is 1. The van der Waals surface area contributed by atoms with Crippen molar-refractivity contribution in [2.75, 3.05) is 6.54 Å². The highest BCUT2D eigenvalue weighted by Crippen LogP contribution is 2.18. The van der Waals surface area contributed by atoms with E-state index in [1.54, 1.807) is 0 Å². The van der Waals surface area contributed by atoms with Crippen molar-refractivity contribution in [2.24, 2.45) is 5.73 Å². The van der Waals surface area contributed by atoms with Gasteiger partial charge in [0, 0.05) is 12.6 Å². The van der Waals surface area contributed by atoms with E-state index in [9.17, 15) is 13.2 Å². The maximum atomic E-state index is 12.2. The van der Waals surface area contributed by atoms with Gasteiger partial charge in [-0.2, -0.15) is 4.72 Å². The van der Waals surface area contributed by atoms with Crippen LogP contribution in [0.25, 0.3) is 0 Å². The van der Waals surface area contributed by atoms with E-state index in [1.165, 1.54) is 20.8 Å². The van der Waals surface area contributed by atoms with Gasteiger partial charge in [0.25, 0.3) is 0 Å². The molecular weight excluding hydrogens is 332 g/mol. The summed E-state index contributed by atoms with van der Waals surface area (Å²) in [5, 5.41) is 6.22. The van der Waals surface area contributed by atoms with Gasteiger partial charge in [0.2, 0.25) is 15.9 Å². The van der Waals surface area contributed by atoms with Gasteiger partial charge < -0.3 is 15.6 Å². The molecule has 1 aromatic heterocycles. The van der Waals surface area contributed by atoms with E-state index in [-0.39, 0.29) is 34.8 Å². The maximum absolute atomic E-state index is 12.2. The fourth-order valence-electron chi connectivity index (χ4n) is 1.78.